The number of guanidine groups is 1. The maximum Gasteiger partial charge on any atom is 0.193 e. The molecule has 0 saturated carbocycles. The number of aliphatic imine (C=N–C) groups is 1. The molecule has 7 heteroatoms. The van der Waals surface area contributed by atoms with Gasteiger partial charge in [-0.25, -0.2) is 0 Å². The zero-order valence-electron chi connectivity index (χ0n) is 18.6. The van der Waals surface area contributed by atoms with Crippen molar-refractivity contribution in [3.05, 3.63) is 0 Å². The quantitative estimate of drug-likeness (QED) is 0.360. The molecule has 1 N–H and O–H groups in total. The molecule has 3 rings (SSSR count). The molecule has 3 unspecified atom stereocenters. The molecule has 0 aromatic heterocycles. The van der Waals surface area contributed by atoms with Crippen LogP contribution in [0.2, 0.25) is 0 Å². The van der Waals surface area contributed by atoms with Crippen LogP contribution in [0.5, 0.6) is 0 Å². The summed E-state index contributed by atoms with van der Waals surface area (Å²) in [6.45, 7) is 16.7. The van der Waals surface area contributed by atoms with Crippen molar-refractivity contribution in [3.8, 4) is 0 Å². The second-order valence-corrected chi connectivity index (χ2v) is 9.36. The number of nitrogens with zero attached hydrogens (tertiary/aromatic N) is 4. The van der Waals surface area contributed by atoms with Crippen LogP contribution in [0.25, 0.3) is 0 Å². The molecule has 3 fully saturated rings. The van der Waals surface area contributed by atoms with Crippen LogP contribution in [0.4, 0.5) is 0 Å². The minimum atomic E-state index is 0. The highest BCUT2D eigenvalue weighted by atomic mass is 127. The molecule has 3 aliphatic rings. The summed E-state index contributed by atoms with van der Waals surface area (Å²) in [4.78, 5) is 12.3. The molecule has 3 heterocycles. The first-order valence-corrected chi connectivity index (χ1v) is 11.0. The van der Waals surface area contributed by atoms with Gasteiger partial charge in [0.1, 0.15) is 0 Å². The molecule has 0 aromatic rings. The van der Waals surface area contributed by atoms with E-state index in [4.69, 9.17) is 4.74 Å². The van der Waals surface area contributed by atoms with Crippen molar-refractivity contribution in [2.45, 2.75) is 77.2 Å². The fraction of sp³-hybridized carbons (Fsp3) is 0.952. The second kappa shape index (κ2) is 10.8. The van der Waals surface area contributed by atoms with Crippen molar-refractivity contribution in [3.63, 3.8) is 0 Å². The lowest BCUT2D eigenvalue weighted by Gasteiger charge is -2.45. The third-order valence-electron chi connectivity index (χ3n) is 6.54. The average Bonchev–Trinajstić information content (AvgIpc) is 3.12. The van der Waals surface area contributed by atoms with E-state index in [-0.39, 0.29) is 29.5 Å². The van der Waals surface area contributed by atoms with Crippen molar-refractivity contribution in [1.29, 1.82) is 0 Å². The van der Waals surface area contributed by atoms with Gasteiger partial charge >= 0.3 is 0 Å². The van der Waals surface area contributed by atoms with Crippen LogP contribution in [-0.4, -0.2) is 97.3 Å². The highest BCUT2D eigenvalue weighted by molar-refractivity contribution is 14.0. The van der Waals surface area contributed by atoms with E-state index < -0.39 is 0 Å². The molecule has 6 nitrogen and oxygen atoms in total. The zero-order valence-corrected chi connectivity index (χ0v) is 20.9. The Labute approximate surface area is 189 Å². The van der Waals surface area contributed by atoms with Gasteiger partial charge in [0.05, 0.1) is 12.2 Å². The normalized spacial score (nSPS) is 31.0. The summed E-state index contributed by atoms with van der Waals surface area (Å²) in [5.41, 5.74) is 0.0776. The SMILES string of the molecule is CN=C(NCC(C)(C)N1CC(C)OC(C)C1)N1CCC(N2CCCCC2)C1.I. The largest absolute Gasteiger partial charge is 0.373 e. The fourth-order valence-electron chi connectivity index (χ4n) is 4.93. The van der Waals surface area contributed by atoms with Crippen LogP contribution < -0.4 is 5.32 Å². The molecule has 0 amide bonds. The Morgan fingerprint density at radius 3 is 2.29 bits per heavy atom. The van der Waals surface area contributed by atoms with Crippen LogP contribution in [-0.2, 0) is 4.74 Å². The Balaban J connectivity index is 0.00000280. The standard InChI is InChI=1S/C21H41N5O.HI/c1-17-13-26(14-18(2)27-17)21(3,4)16-23-20(22-5)25-12-9-19(15-25)24-10-7-6-8-11-24;/h17-19H,6-16H2,1-5H3,(H,22,23);1H. The average molecular weight is 508 g/mol. The van der Waals surface area contributed by atoms with Gasteiger partial charge < -0.3 is 15.0 Å². The molecule has 0 aromatic carbocycles. The van der Waals surface area contributed by atoms with E-state index >= 15 is 0 Å². The first-order valence-electron chi connectivity index (χ1n) is 11.0. The van der Waals surface area contributed by atoms with Crippen molar-refractivity contribution in [2.24, 2.45) is 4.99 Å². The van der Waals surface area contributed by atoms with Crippen LogP contribution in [0, 0.1) is 0 Å². The van der Waals surface area contributed by atoms with Gasteiger partial charge in [-0.3, -0.25) is 14.8 Å². The molecule has 3 atom stereocenters. The number of rotatable bonds is 4. The summed E-state index contributed by atoms with van der Waals surface area (Å²) in [7, 11) is 1.92. The third kappa shape index (κ3) is 6.19. The molecule has 0 spiro atoms. The summed E-state index contributed by atoms with van der Waals surface area (Å²) < 4.78 is 5.91. The van der Waals surface area contributed by atoms with E-state index in [1.165, 1.54) is 38.8 Å². The monoisotopic (exact) mass is 507 g/mol. The molecule has 28 heavy (non-hydrogen) atoms. The predicted molar refractivity (Wildman–Crippen MR) is 128 cm³/mol. The van der Waals surface area contributed by atoms with Gasteiger partial charge in [0.25, 0.3) is 0 Å². The first kappa shape index (κ1) is 24.2. The Morgan fingerprint density at radius 2 is 1.68 bits per heavy atom. The summed E-state index contributed by atoms with van der Waals surface area (Å²) >= 11 is 0. The summed E-state index contributed by atoms with van der Waals surface area (Å²) in [6.07, 6.45) is 6.02. The van der Waals surface area contributed by atoms with E-state index in [1.807, 2.05) is 7.05 Å². The highest BCUT2D eigenvalue weighted by Gasteiger charge is 2.34. The highest BCUT2D eigenvalue weighted by Crippen LogP contribution is 2.22. The molecular formula is C21H42IN5O. The minimum absolute atomic E-state index is 0. The summed E-state index contributed by atoms with van der Waals surface area (Å²) in [6, 6.07) is 0.706. The van der Waals surface area contributed by atoms with Gasteiger partial charge in [-0.2, -0.15) is 0 Å². The van der Waals surface area contributed by atoms with Gasteiger partial charge in [0, 0.05) is 51.4 Å². The Bertz CT molecular complexity index is 499. The van der Waals surface area contributed by atoms with Crippen LogP contribution in [0.15, 0.2) is 4.99 Å². The number of hydrogen-bond donors (Lipinski definition) is 1. The summed E-state index contributed by atoms with van der Waals surface area (Å²) in [5.74, 6) is 1.07. The van der Waals surface area contributed by atoms with Crippen molar-refractivity contribution >= 4 is 29.9 Å². The number of ether oxygens (including phenoxy) is 1. The van der Waals surface area contributed by atoms with Gasteiger partial charge in [-0.05, 0) is 60.0 Å². The maximum absolute atomic E-state index is 5.91. The van der Waals surface area contributed by atoms with E-state index in [2.05, 4.69) is 52.7 Å². The van der Waals surface area contributed by atoms with Crippen LogP contribution in [0.1, 0.15) is 53.4 Å². The molecule has 0 bridgehead atoms. The van der Waals surface area contributed by atoms with Crippen LogP contribution >= 0.6 is 24.0 Å². The molecular weight excluding hydrogens is 465 g/mol. The molecule has 164 valence electrons. The molecule has 3 aliphatic heterocycles. The number of piperidine rings is 1. The Hall–Kier alpha value is -0.120. The lowest BCUT2D eigenvalue weighted by molar-refractivity contribution is -0.0947. The first-order chi connectivity index (χ1) is 12.9. The number of halogens is 1. The van der Waals surface area contributed by atoms with Gasteiger partial charge in [-0.1, -0.05) is 6.42 Å². The van der Waals surface area contributed by atoms with E-state index in [9.17, 15) is 0 Å². The van der Waals surface area contributed by atoms with E-state index in [0.29, 0.717) is 18.2 Å². The summed E-state index contributed by atoms with van der Waals surface area (Å²) in [5, 5.41) is 3.68. The maximum atomic E-state index is 5.91. The predicted octanol–water partition coefficient (Wildman–Crippen LogP) is 2.63. The number of hydrogen-bond acceptors (Lipinski definition) is 4. The lowest BCUT2D eigenvalue weighted by atomic mass is 10.00. The van der Waals surface area contributed by atoms with Crippen LogP contribution in [0.3, 0.4) is 0 Å². The number of nitrogens with one attached hydrogen (secondary N) is 1. The molecule has 0 aliphatic carbocycles. The Morgan fingerprint density at radius 1 is 1.04 bits per heavy atom. The molecule has 0 radical (unpaired) electrons. The van der Waals surface area contributed by atoms with Gasteiger partial charge in [0.15, 0.2) is 5.96 Å². The van der Waals surface area contributed by atoms with E-state index in [0.717, 1.165) is 38.7 Å². The number of morpholine rings is 1. The Kier molecular flexibility index (Phi) is 9.29. The lowest BCUT2D eigenvalue weighted by Crippen LogP contribution is -2.59. The van der Waals surface area contributed by atoms with E-state index in [1.54, 1.807) is 0 Å². The smallest absolute Gasteiger partial charge is 0.193 e. The van der Waals surface area contributed by atoms with Gasteiger partial charge in [0.2, 0.25) is 0 Å². The minimum Gasteiger partial charge on any atom is -0.373 e. The van der Waals surface area contributed by atoms with Crippen molar-refractivity contribution in [1.82, 2.24) is 20.0 Å². The van der Waals surface area contributed by atoms with Crippen molar-refractivity contribution < 1.29 is 4.74 Å². The molecule has 3 saturated heterocycles. The topological polar surface area (TPSA) is 43.3 Å². The zero-order chi connectivity index (χ0) is 19.4. The van der Waals surface area contributed by atoms with Crippen molar-refractivity contribution in [2.75, 3.05) is 52.9 Å². The van der Waals surface area contributed by atoms with Gasteiger partial charge in [-0.15, -0.1) is 24.0 Å². The third-order valence-corrected chi connectivity index (χ3v) is 6.54. The second-order valence-electron chi connectivity index (χ2n) is 9.36. The number of likely N-dealkylation sites (tertiary alicyclic amines) is 2. The fourth-order valence-corrected chi connectivity index (χ4v) is 4.93.